The Labute approximate surface area is 99.7 Å². The molecule has 5 nitrogen and oxygen atoms in total. The van der Waals surface area contributed by atoms with Crippen molar-refractivity contribution in [3.63, 3.8) is 0 Å². The summed E-state index contributed by atoms with van der Waals surface area (Å²) in [5.41, 5.74) is 7.86. The summed E-state index contributed by atoms with van der Waals surface area (Å²) in [4.78, 5) is 8.34. The Hall–Kier alpha value is -2.30. The Bertz CT molecular complexity index is 528. The molecule has 0 bridgehead atoms. The highest BCUT2D eigenvalue weighted by Gasteiger charge is 2.01. The number of nitrogens with one attached hydrogen (secondary N) is 1. The molecule has 0 atom stereocenters. The van der Waals surface area contributed by atoms with Gasteiger partial charge < -0.3 is 15.8 Å². The van der Waals surface area contributed by atoms with E-state index in [0.29, 0.717) is 11.6 Å². The van der Waals surface area contributed by atoms with Gasteiger partial charge in [-0.3, -0.25) is 0 Å². The van der Waals surface area contributed by atoms with Crippen LogP contribution in [0.2, 0.25) is 0 Å². The minimum Gasteiger partial charge on any atom is -0.497 e. The van der Waals surface area contributed by atoms with Crippen LogP contribution in [-0.2, 0) is 0 Å². The average Bonchev–Trinajstić information content (AvgIpc) is 2.34. The van der Waals surface area contributed by atoms with E-state index in [9.17, 15) is 0 Å². The zero-order valence-electron chi connectivity index (χ0n) is 9.77. The normalized spacial score (nSPS) is 10.0. The van der Waals surface area contributed by atoms with Crippen molar-refractivity contribution in [1.29, 1.82) is 0 Å². The summed E-state index contributed by atoms with van der Waals surface area (Å²) in [5, 5.41) is 3.09. The molecule has 0 aliphatic carbocycles. The second-order valence-corrected chi connectivity index (χ2v) is 3.59. The summed E-state index contributed by atoms with van der Waals surface area (Å²) in [5.74, 6) is 1.30. The Balaban J connectivity index is 2.22. The van der Waals surface area contributed by atoms with Crippen molar-refractivity contribution in [1.82, 2.24) is 9.97 Å². The third-order valence-corrected chi connectivity index (χ3v) is 2.34. The lowest BCUT2D eigenvalue weighted by molar-refractivity contribution is 0.415. The summed E-state index contributed by atoms with van der Waals surface area (Å²) < 4.78 is 5.13. The SMILES string of the molecule is COc1cccc(Nc2ncc(N)c(C)n2)c1. The molecule has 17 heavy (non-hydrogen) atoms. The zero-order valence-corrected chi connectivity index (χ0v) is 9.77. The van der Waals surface area contributed by atoms with E-state index in [0.717, 1.165) is 17.1 Å². The van der Waals surface area contributed by atoms with E-state index in [1.54, 1.807) is 13.3 Å². The predicted octanol–water partition coefficient (Wildman–Crippen LogP) is 2.12. The Kier molecular flexibility index (Phi) is 3.09. The molecule has 0 saturated carbocycles. The Morgan fingerprint density at radius 2 is 2.18 bits per heavy atom. The lowest BCUT2D eigenvalue weighted by atomic mass is 10.3. The number of rotatable bonds is 3. The number of benzene rings is 1. The van der Waals surface area contributed by atoms with Crippen molar-refractivity contribution in [3.05, 3.63) is 36.2 Å². The molecule has 0 unspecified atom stereocenters. The van der Waals surface area contributed by atoms with Gasteiger partial charge in [-0.15, -0.1) is 0 Å². The molecule has 0 amide bonds. The molecule has 3 N–H and O–H groups in total. The highest BCUT2D eigenvalue weighted by molar-refractivity contribution is 5.57. The quantitative estimate of drug-likeness (QED) is 0.844. The van der Waals surface area contributed by atoms with Crippen LogP contribution in [-0.4, -0.2) is 17.1 Å². The second-order valence-electron chi connectivity index (χ2n) is 3.59. The van der Waals surface area contributed by atoms with E-state index >= 15 is 0 Å². The molecule has 0 fully saturated rings. The molecular weight excluding hydrogens is 216 g/mol. The summed E-state index contributed by atoms with van der Waals surface area (Å²) >= 11 is 0. The van der Waals surface area contributed by atoms with E-state index in [-0.39, 0.29) is 0 Å². The van der Waals surface area contributed by atoms with Gasteiger partial charge in [0.15, 0.2) is 0 Å². The summed E-state index contributed by atoms with van der Waals surface area (Å²) in [6.45, 7) is 1.84. The number of hydrogen-bond acceptors (Lipinski definition) is 5. The van der Waals surface area contributed by atoms with E-state index in [2.05, 4.69) is 15.3 Å². The van der Waals surface area contributed by atoms with E-state index in [4.69, 9.17) is 10.5 Å². The van der Waals surface area contributed by atoms with Crippen molar-refractivity contribution in [2.45, 2.75) is 6.92 Å². The first kappa shape index (κ1) is 11.2. The van der Waals surface area contributed by atoms with Gasteiger partial charge in [0.2, 0.25) is 5.95 Å². The topological polar surface area (TPSA) is 73.1 Å². The second kappa shape index (κ2) is 4.69. The van der Waals surface area contributed by atoms with Gasteiger partial charge in [-0.25, -0.2) is 9.97 Å². The van der Waals surface area contributed by atoms with Gasteiger partial charge in [-0.1, -0.05) is 6.07 Å². The highest BCUT2D eigenvalue weighted by Crippen LogP contribution is 2.19. The van der Waals surface area contributed by atoms with Gasteiger partial charge in [-0.05, 0) is 19.1 Å². The van der Waals surface area contributed by atoms with Gasteiger partial charge in [0.25, 0.3) is 0 Å². The van der Waals surface area contributed by atoms with E-state index < -0.39 is 0 Å². The summed E-state index contributed by atoms with van der Waals surface area (Å²) in [6.07, 6.45) is 1.59. The molecule has 1 aromatic carbocycles. The summed E-state index contributed by atoms with van der Waals surface area (Å²) in [7, 11) is 1.63. The van der Waals surface area contributed by atoms with Crippen LogP contribution in [0.3, 0.4) is 0 Å². The smallest absolute Gasteiger partial charge is 0.227 e. The van der Waals surface area contributed by atoms with Gasteiger partial charge in [0.1, 0.15) is 5.75 Å². The zero-order chi connectivity index (χ0) is 12.3. The van der Waals surface area contributed by atoms with Crippen LogP contribution in [0.1, 0.15) is 5.69 Å². The Morgan fingerprint density at radius 1 is 1.35 bits per heavy atom. The molecule has 0 aliphatic rings. The lowest BCUT2D eigenvalue weighted by Gasteiger charge is -2.07. The van der Waals surface area contributed by atoms with Crippen LogP contribution in [0, 0.1) is 6.92 Å². The van der Waals surface area contributed by atoms with E-state index in [1.165, 1.54) is 0 Å². The van der Waals surface area contributed by atoms with Gasteiger partial charge in [0, 0.05) is 11.8 Å². The number of aryl methyl sites for hydroxylation is 1. The van der Waals surface area contributed by atoms with Crippen LogP contribution in [0.5, 0.6) is 5.75 Å². The Morgan fingerprint density at radius 3 is 2.88 bits per heavy atom. The summed E-state index contributed by atoms with van der Waals surface area (Å²) in [6, 6.07) is 7.55. The first-order chi connectivity index (χ1) is 8.19. The minimum atomic E-state index is 0.518. The maximum Gasteiger partial charge on any atom is 0.227 e. The maximum atomic E-state index is 5.65. The van der Waals surface area contributed by atoms with Crippen molar-refractivity contribution >= 4 is 17.3 Å². The van der Waals surface area contributed by atoms with Crippen LogP contribution >= 0.6 is 0 Å². The first-order valence-electron chi connectivity index (χ1n) is 5.19. The fourth-order valence-corrected chi connectivity index (χ4v) is 1.37. The molecule has 1 aromatic heterocycles. The molecule has 88 valence electrons. The fraction of sp³-hybridized carbons (Fsp3) is 0.167. The van der Waals surface area contributed by atoms with Crippen LogP contribution in [0.4, 0.5) is 17.3 Å². The fourth-order valence-electron chi connectivity index (χ4n) is 1.37. The van der Waals surface area contributed by atoms with Crippen LogP contribution in [0.15, 0.2) is 30.5 Å². The number of methoxy groups -OCH3 is 1. The molecule has 2 rings (SSSR count). The molecule has 0 saturated heterocycles. The third-order valence-electron chi connectivity index (χ3n) is 2.34. The van der Waals surface area contributed by atoms with Crippen LogP contribution in [0.25, 0.3) is 0 Å². The molecule has 5 heteroatoms. The van der Waals surface area contributed by atoms with E-state index in [1.807, 2.05) is 31.2 Å². The number of hydrogen-bond donors (Lipinski definition) is 2. The number of nitrogens with zero attached hydrogens (tertiary/aromatic N) is 2. The number of nitrogen functional groups attached to an aromatic ring is 1. The number of ether oxygens (including phenoxy) is 1. The van der Waals surface area contributed by atoms with Crippen molar-refractivity contribution in [2.75, 3.05) is 18.2 Å². The van der Waals surface area contributed by atoms with Crippen molar-refractivity contribution in [3.8, 4) is 5.75 Å². The standard InChI is InChI=1S/C12H14N4O/c1-8-11(13)7-14-12(15-8)16-9-4-3-5-10(6-9)17-2/h3-7H,13H2,1-2H3,(H,14,15,16). The highest BCUT2D eigenvalue weighted by atomic mass is 16.5. The van der Waals surface area contributed by atoms with Gasteiger partial charge >= 0.3 is 0 Å². The number of aromatic nitrogens is 2. The molecule has 2 aromatic rings. The van der Waals surface area contributed by atoms with Crippen molar-refractivity contribution < 1.29 is 4.74 Å². The molecule has 1 heterocycles. The number of anilines is 3. The maximum absolute atomic E-state index is 5.65. The third kappa shape index (κ3) is 2.63. The average molecular weight is 230 g/mol. The predicted molar refractivity (Wildman–Crippen MR) is 67.5 cm³/mol. The number of nitrogens with two attached hydrogens (primary N) is 1. The minimum absolute atomic E-state index is 0.518. The van der Waals surface area contributed by atoms with Gasteiger partial charge in [-0.2, -0.15) is 0 Å². The molecule has 0 aliphatic heterocycles. The lowest BCUT2D eigenvalue weighted by Crippen LogP contribution is -2.01. The van der Waals surface area contributed by atoms with Crippen LogP contribution < -0.4 is 15.8 Å². The first-order valence-corrected chi connectivity index (χ1v) is 5.19. The molecule has 0 radical (unpaired) electrons. The monoisotopic (exact) mass is 230 g/mol. The molecular formula is C12H14N4O. The van der Waals surface area contributed by atoms with Gasteiger partial charge in [0.05, 0.1) is 24.7 Å². The molecule has 0 spiro atoms. The largest absolute Gasteiger partial charge is 0.497 e. The van der Waals surface area contributed by atoms with Crippen molar-refractivity contribution in [2.24, 2.45) is 0 Å².